The quantitative estimate of drug-likeness (QED) is 0.632. The number of carboxylic acid groups (broad SMARTS) is 1. The fourth-order valence-corrected chi connectivity index (χ4v) is 2.91. The molecule has 0 bridgehead atoms. The molecule has 0 amide bonds. The number of carbonyl (C=O) groups is 2. The Hall–Kier alpha value is -2.77. The number of allylic oxidation sites excluding steroid dienone is 1. The zero-order chi connectivity index (χ0) is 18.6. The smallest absolute Gasteiger partial charge is 0.335 e. The van der Waals surface area contributed by atoms with Gasteiger partial charge in [0.2, 0.25) is 10.0 Å². The van der Waals surface area contributed by atoms with Gasteiger partial charge in [-0.3, -0.25) is 4.79 Å². The van der Waals surface area contributed by atoms with Crippen LogP contribution in [0.1, 0.15) is 26.3 Å². The molecular formula is C18H17NO5S. The van der Waals surface area contributed by atoms with Crippen molar-refractivity contribution < 1.29 is 23.1 Å². The van der Waals surface area contributed by atoms with Crippen molar-refractivity contribution in [2.24, 2.45) is 0 Å². The van der Waals surface area contributed by atoms with Gasteiger partial charge in [-0.1, -0.05) is 18.2 Å². The molecule has 6 nitrogen and oxygen atoms in total. The number of hydrogen-bond donors (Lipinski definition) is 1. The van der Waals surface area contributed by atoms with Gasteiger partial charge in [0.25, 0.3) is 0 Å². The SMILES string of the molecule is CN(C)S(=O)(=O)c1ccc(C(=O)/C=C/c2ccc(C(=O)O)cc2)cc1. The van der Waals surface area contributed by atoms with Gasteiger partial charge < -0.3 is 5.11 Å². The summed E-state index contributed by atoms with van der Waals surface area (Å²) in [6.07, 6.45) is 2.92. The molecule has 2 aromatic carbocycles. The zero-order valence-electron chi connectivity index (χ0n) is 13.7. The van der Waals surface area contributed by atoms with E-state index in [9.17, 15) is 18.0 Å². The molecule has 130 valence electrons. The molecule has 0 aliphatic heterocycles. The van der Waals surface area contributed by atoms with Crippen molar-refractivity contribution in [1.82, 2.24) is 4.31 Å². The minimum absolute atomic E-state index is 0.113. The second kappa shape index (κ2) is 7.42. The van der Waals surface area contributed by atoms with Crippen molar-refractivity contribution in [2.45, 2.75) is 4.90 Å². The lowest BCUT2D eigenvalue weighted by molar-refractivity contribution is 0.0696. The number of sulfonamides is 1. The maximum absolute atomic E-state index is 12.1. The van der Waals surface area contributed by atoms with Gasteiger partial charge in [-0.25, -0.2) is 17.5 Å². The molecule has 0 aliphatic carbocycles. The summed E-state index contributed by atoms with van der Waals surface area (Å²) in [5.74, 6) is -1.30. The highest BCUT2D eigenvalue weighted by molar-refractivity contribution is 7.89. The first kappa shape index (κ1) is 18.6. The van der Waals surface area contributed by atoms with Crippen molar-refractivity contribution in [3.63, 3.8) is 0 Å². The van der Waals surface area contributed by atoms with Crippen molar-refractivity contribution in [3.05, 3.63) is 71.3 Å². The Morgan fingerprint density at radius 1 is 0.920 bits per heavy atom. The first-order valence-corrected chi connectivity index (χ1v) is 8.74. The average Bonchev–Trinajstić information content (AvgIpc) is 2.60. The van der Waals surface area contributed by atoms with Crippen molar-refractivity contribution in [1.29, 1.82) is 0 Å². The number of rotatable bonds is 6. The molecule has 0 spiro atoms. The van der Waals surface area contributed by atoms with E-state index < -0.39 is 16.0 Å². The third-order valence-corrected chi connectivity index (χ3v) is 5.33. The summed E-state index contributed by atoms with van der Waals surface area (Å²) >= 11 is 0. The molecular weight excluding hydrogens is 342 g/mol. The van der Waals surface area contributed by atoms with Gasteiger partial charge in [-0.2, -0.15) is 0 Å². The zero-order valence-corrected chi connectivity index (χ0v) is 14.5. The van der Waals surface area contributed by atoms with Crippen LogP contribution in [0.15, 0.2) is 59.5 Å². The molecule has 0 unspecified atom stereocenters. The Morgan fingerprint density at radius 3 is 1.92 bits per heavy atom. The molecule has 0 saturated carbocycles. The number of carbonyl (C=O) groups excluding carboxylic acids is 1. The normalized spacial score (nSPS) is 11.8. The Morgan fingerprint density at radius 2 is 1.44 bits per heavy atom. The lowest BCUT2D eigenvalue weighted by Crippen LogP contribution is -2.22. The number of carboxylic acids is 1. The summed E-state index contributed by atoms with van der Waals surface area (Å²) in [6.45, 7) is 0. The molecule has 2 rings (SSSR count). The van der Waals surface area contributed by atoms with Gasteiger partial charge in [0.15, 0.2) is 5.78 Å². The van der Waals surface area contributed by atoms with Crippen LogP contribution >= 0.6 is 0 Å². The van der Waals surface area contributed by atoms with Gasteiger partial charge in [0.1, 0.15) is 0 Å². The Labute approximate surface area is 146 Å². The summed E-state index contributed by atoms with van der Waals surface area (Å²) in [6, 6.07) is 11.8. The van der Waals surface area contributed by atoms with Gasteiger partial charge in [0.05, 0.1) is 10.5 Å². The van der Waals surface area contributed by atoms with E-state index in [1.54, 1.807) is 18.2 Å². The molecule has 1 N–H and O–H groups in total. The summed E-state index contributed by atoms with van der Waals surface area (Å²) < 4.78 is 25.1. The number of ketones is 1. The maximum Gasteiger partial charge on any atom is 0.335 e. The highest BCUT2D eigenvalue weighted by Gasteiger charge is 2.17. The molecule has 0 saturated heterocycles. The van der Waals surface area contributed by atoms with Crippen LogP contribution in [-0.2, 0) is 10.0 Å². The number of hydrogen-bond acceptors (Lipinski definition) is 4. The summed E-state index contributed by atoms with van der Waals surface area (Å²) in [7, 11) is -0.655. The first-order valence-electron chi connectivity index (χ1n) is 7.30. The minimum Gasteiger partial charge on any atom is -0.478 e. The van der Waals surface area contributed by atoms with E-state index in [0.29, 0.717) is 11.1 Å². The molecule has 0 atom stereocenters. The fraction of sp³-hybridized carbons (Fsp3) is 0.111. The van der Waals surface area contributed by atoms with Crippen LogP contribution < -0.4 is 0 Å². The van der Waals surface area contributed by atoms with E-state index in [2.05, 4.69) is 0 Å². The van der Waals surface area contributed by atoms with E-state index in [0.717, 1.165) is 4.31 Å². The van der Waals surface area contributed by atoms with Crippen molar-refractivity contribution in [3.8, 4) is 0 Å². The minimum atomic E-state index is -3.53. The van der Waals surface area contributed by atoms with E-state index in [1.807, 2.05) is 0 Å². The molecule has 0 aliphatic rings. The van der Waals surface area contributed by atoms with Gasteiger partial charge in [-0.05, 0) is 48.0 Å². The molecule has 7 heteroatoms. The Balaban J connectivity index is 2.14. The predicted octanol–water partition coefficient (Wildman–Crippen LogP) is 2.53. The van der Waals surface area contributed by atoms with Crippen LogP contribution in [-0.4, -0.2) is 43.7 Å². The van der Waals surface area contributed by atoms with Crippen LogP contribution in [0.3, 0.4) is 0 Å². The Bertz CT molecular complexity index is 911. The van der Waals surface area contributed by atoms with Gasteiger partial charge in [-0.15, -0.1) is 0 Å². The number of benzene rings is 2. The molecule has 2 aromatic rings. The van der Waals surface area contributed by atoms with Crippen molar-refractivity contribution >= 4 is 27.9 Å². The highest BCUT2D eigenvalue weighted by Crippen LogP contribution is 2.15. The summed E-state index contributed by atoms with van der Waals surface area (Å²) in [5.41, 5.74) is 1.21. The van der Waals surface area contributed by atoms with E-state index in [-0.39, 0.29) is 16.2 Å². The lowest BCUT2D eigenvalue weighted by Gasteiger charge is -2.11. The van der Waals surface area contributed by atoms with E-state index in [1.165, 1.54) is 56.6 Å². The van der Waals surface area contributed by atoms with Crippen LogP contribution in [0.25, 0.3) is 6.08 Å². The average molecular weight is 359 g/mol. The largest absolute Gasteiger partial charge is 0.478 e. The molecule has 0 radical (unpaired) electrons. The van der Waals surface area contributed by atoms with Crippen molar-refractivity contribution in [2.75, 3.05) is 14.1 Å². The second-order valence-corrected chi connectivity index (χ2v) is 7.59. The van der Waals surface area contributed by atoms with E-state index in [4.69, 9.17) is 5.11 Å². The van der Waals surface area contributed by atoms with Gasteiger partial charge in [0, 0.05) is 19.7 Å². The van der Waals surface area contributed by atoms with E-state index >= 15 is 0 Å². The standard InChI is InChI=1S/C18H17NO5S/c1-19(2)25(23,24)16-10-8-14(9-11-16)17(20)12-5-13-3-6-15(7-4-13)18(21)22/h3-12H,1-2H3,(H,21,22)/b12-5+. The number of aromatic carboxylic acids is 1. The summed E-state index contributed by atoms with van der Waals surface area (Å²) in [4.78, 5) is 23.0. The monoisotopic (exact) mass is 359 g/mol. The van der Waals surface area contributed by atoms with Gasteiger partial charge >= 0.3 is 5.97 Å². The third-order valence-electron chi connectivity index (χ3n) is 3.50. The van der Waals surface area contributed by atoms with Crippen LogP contribution in [0.2, 0.25) is 0 Å². The van der Waals surface area contributed by atoms with Crippen LogP contribution in [0.4, 0.5) is 0 Å². The molecule has 0 fully saturated rings. The van der Waals surface area contributed by atoms with Crippen LogP contribution in [0.5, 0.6) is 0 Å². The predicted molar refractivity (Wildman–Crippen MR) is 94.1 cm³/mol. The number of nitrogens with zero attached hydrogens (tertiary/aromatic N) is 1. The Kier molecular flexibility index (Phi) is 5.51. The molecule has 0 aromatic heterocycles. The fourth-order valence-electron chi connectivity index (χ4n) is 2.01. The summed E-state index contributed by atoms with van der Waals surface area (Å²) in [5, 5.41) is 8.84. The van der Waals surface area contributed by atoms with Crippen LogP contribution in [0, 0.1) is 0 Å². The third kappa shape index (κ3) is 4.40. The first-order chi connectivity index (χ1) is 11.7. The topological polar surface area (TPSA) is 91.8 Å². The molecule has 25 heavy (non-hydrogen) atoms. The second-order valence-electron chi connectivity index (χ2n) is 5.44. The lowest BCUT2D eigenvalue weighted by atomic mass is 10.1. The molecule has 0 heterocycles. The maximum atomic E-state index is 12.1. The highest BCUT2D eigenvalue weighted by atomic mass is 32.2.